The first kappa shape index (κ1) is 14.2. The van der Waals surface area contributed by atoms with Crippen LogP contribution < -0.4 is 5.32 Å². The number of nitrogens with zero attached hydrogens (tertiary/aromatic N) is 1. The van der Waals surface area contributed by atoms with Crippen LogP contribution in [0.1, 0.15) is 30.0 Å². The molecule has 3 rings (SSSR count). The minimum Gasteiger partial charge on any atom is -0.381 e. The molecule has 110 valence electrons. The molecule has 0 saturated carbocycles. The largest absolute Gasteiger partial charge is 0.381 e. The predicted octanol–water partition coefficient (Wildman–Crippen LogP) is 3.09. The van der Waals surface area contributed by atoms with Gasteiger partial charge in [0.05, 0.1) is 0 Å². The Morgan fingerprint density at radius 1 is 1.10 bits per heavy atom. The smallest absolute Gasteiger partial charge is 0.0475 e. The van der Waals surface area contributed by atoms with Crippen LogP contribution in [0, 0.1) is 0 Å². The summed E-state index contributed by atoms with van der Waals surface area (Å²) in [7, 11) is 2.04. The average molecular weight is 282 g/mol. The van der Waals surface area contributed by atoms with E-state index in [1.54, 1.807) is 0 Å². The predicted molar refractivity (Wildman–Crippen MR) is 84.2 cm³/mol. The Bertz CT molecular complexity index is 550. The third-order valence-electron chi connectivity index (χ3n) is 4.59. The van der Waals surface area contributed by atoms with Crippen molar-refractivity contribution >= 4 is 0 Å². The van der Waals surface area contributed by atoms with Crippen molar-refractivity contribution in [2.24, 2.45) is 0 Å². The highest BCUT2D eigenvalue weighted by Crippen LogP contribution is 2.44. The van der Waals surface area contributed by atoms with Crippen molar-refractivity contribution in [3.63, 3.8) is 0 Å². The Morgan fingerprint density at radius 3 is 2.48 bits per heavy atom. The molecule has 3 nitrogen and oxygen atoms in total. The van der Waals surface area contributed by atoms with Crippen LogP contribution in [0.15, 0.2) is 54.9 Å². The fourth-order valence-corrected chi connectivity index (χ4v) is 3.56. The molecule has 1 aliphatic heterocycles. The van der Waals surface area contributed by atoms with Gasteiger partial charge < -0.3 is 10.1 Å². The molecule has 21 heavy (non-hydrogen) atoms. The lowest BCUT2D eigenvalue weighted by atomic mass is 9.67. The van der Waals surface area contributed by atoms with E-state index in [2.05, 4.69) is 46.7 Å². The maximum Gasteiger partial charge on any atom is 0.0475 e. The summed E-state index contributed by atoms with van der Waals surface area (Å²) < 4.78 is 5.63. The first-order valence-electron chi connectivity index (χ1n) is 7.57. The molecule has 0 radical (unpaired) electrons. The van der Waals surface area contributed by atoms with Gasteiger partial charge in [0.25, 0.3) is 0 Å². The Kier molecular flexibility index (Phi) is 4.32. The van der Waals surface area contributed by atoms with Gasteiger partial charge in [0.1, 0.15) is 0 Å². The molecular weight excluding hydrogens is 260 g/mol. The summed E-state index contributed by atoms with van der Waals surface area (Å²) >= 11 is 0. The van der Waals surface area contributed by atoms with Gasteiger partial charge in [-0.1, -0.05) is 36.4 Å². The number of nitrogens with one attached hydrogen (secondary N) is 1. The van der Waals surface area contributed by atoms with Crippen molar-refractivity contribution in [3.05, 3.63) is 66.0 Å². The van der Waals surface area contributed by atoms with E-state index in [9.17, 15) is 0 Å². The van der Waals surface area contributed by atoms with E-state index < -0.39 is 0 Å². The van der Waals surface area contributed by atoms with Crippen LogP contribution in [-0.4, -0.2) is 25.2 Å². The van der Waals surface area contributed by atoms with Gasteiger partial charge in [0.15, 0.2) is 0 Å². The standard InChI is InChI=1S/C18H22N2O/c1-19-17(15-6-5-11-20-14-15)18(9-12-21-13-10-18)16-7-3-2-4-8-16/h2-8,11,14,17,19H,9-10,12-13H2,1H3. The van der Waals surface area contributed by atoms with Gasteiger partial charge >= 0.3 is 0 Å². The van der Waals surface area contributed by atoms with Gasteiger partial charge in [-0.05, 0) is 37.1 Å². The number of aromatic nitrogens is 1. The third kappa shape index (κ3) is 2.71. The zero-order valence-corrected chi connectivity index (χ0v) is 12.5. The topological polar surface area (TPSA) is 34.2 Å². The lowest BCUT2D eigenvalue weighted by Gasteiger charge is -2.44. The van der Waals surface area contributed by atoms with Crippen LogP contribution in [0.3, 0.4) is 0 Å². The number of hydrogen-bond acceptors (Lipinski definition) is 3. The maximum atomic E-state index is 5.63. The normalized spacial score (nSPS) is 19.1. The second-order valence-corrected chi connectivity index (χ2v) is 5.64. The minimum atomic E-state index is 0.0668. The molecule has 3 heteroatoms. The van der Waals surface area contributed by atoms with Crippen molar-refractivity contribution in [3.8, 4) is 0 Å². The van der Waals surface area contributed by atoms with Crippen molar-refractivity contribution in [1.82, 2.24) is 10.3 Å². The van der Waals surface area contributed by atoms with E-state index in [-0.39, 0.29) is 11.5 Å². The summed E-state index contributed by atoms with van der Waals surface area (Å²) in [6.45, 7) is 1.63. The lowest BCUT2D eigenvalue weighted by molar-refractivity contribution is 0.0351. The first-order valence-corrected chi connectivity index (χ1v) is 7.57. The Morgan fingerprint density at radius 2 is 1.86 bits per heavy atom. The number of ether oxygens (including phenoxy) is 1. The quantitative estimate of drug-likeness (QED) is 0.935. The van der Waals surface area contributed by atoms with Gasteiger partial charge in [0.2, 0.25) is 0 Å². The molecule has 0 amide bonds. The Balaban J connectivity index is 2.06. The van der Waals surface area contributed by atoms with E-state index in [0.29, 0.717) is 0 Å². The van der Waals surface area contributed by atoms with E-state index in [1.807, 2.05) is 25.5 Å². The molecule has 1 aromatic heterocycles. The van der Waals surface area contributed by atoms with E-state index in [1.165, 1.54) is 11.1 Å². The van der Waals surface area contributed by atoms with Crippen molar-refractivity contribution in [2.45, 2.75) is 24.3 Å². The number of likely N-dealkylation sites (N-methyl/N-ethyl adjacent to an activating group) is 1. The second-order valence-electron chi connectivity index (χ2n) is 5.64. The number of pyridine rings is 1. The zero-order valence-electron chi connectivity index (χ0n) is 12.5. The molecule has 0 aliphatic carbocycles. The van der Waals surface area contributed by atoms with E-state index >= 15 is 0 Å². The van der Waals surface area contributed by atoms with Crippen LogP contribution in [0.25, 0.3) is 0 Å². The van der Waals surface area contributed by atoms with Crippen molar-refractivity contribution in [2.75, 3.05) is 20.3 Å². The number of benzene rings is 1. The molecule has 1 aromatic carbocycles. The molecule has 0 bridgehead atoms. The summed E-state index contributed by atoms with van der Waals surface area (Å²) in [5.74, 6) is 0. The molecule has 1 aliphatic rings. The summed E-state index contributed by atoms with van der Waals surface area (Å²) in [4.78, 5) is 4.30. The van der Waals surface area contributed by atoms with Crippen LogP contribution in [-0.2, 0) is 10.2 Å². The van der Waals surface area contributed by atoms with E-state index in [0.717, 1.165) is 26.1 Å². The molecular formula is C18H22N2O. The Hall–Kier alpha value is -1.71. The fourth-order valence-electron chi connectivity index (χ4n) is 3.56. The number of hydrogen-bond donors (Lipinski definition) is 1. The summed E-state index contributed by atoms with van der Waals surface area (Å²) in [5.41, 5.74) is 2.69. The lowest BCUT2D eigenvalue weighted by Crippen LogP contribution is -2.44. The molecule has 1 atom stereocenters. The molecule has 1 unspecified atom stereocenters. The van der Waals surface area contributed by atoms with Crippen molar-refractivity contribution in [1.29, 1.82) is 0 Å². The maximum absolute atomic E-state index is 5.63. The molecule has 2 heterocycles. The van der Waals surface area contributed by atoms with Crippen LogP contribution in [0.2, 0.25) is 0 Å². The third-order valence-corrected chi connectivity index (χ3v) is 4.59. The molecule has 2 aromatic rings. The van der Waals surface area contributed by atoms with Crippen molar-refractivity contribution < 1.29 is 4.74 Å². The SMILES string of the molecule is CNC(c1cccnc1)C1(c2ccccc2)CCOCC1. The highest BCUT2D eigenvalue weighted by atomic mass is 16.5. The highest BCUT2D eigenvalue weighted by molar-refractivity contribution is 5.33. The van der Waals surface area contributed by atoms with Crippen LogP contribution in [0.5, 0.6) is 0 Å². The van der Waals surface area contributed by atoms with Gasteiger partial charge in [-0.2, -0.15) is 0 Å². The van der Waals surface area contributed by atoms with Gasteiger partial charge in [-0.25, -0.2) is 0 Å². The number of rotatable bonds is 4. The van der Waals surface area contributed by atoms with Gasteiger partial charge in [-0.15, -0.1) is 0 Å². The monoisotopic (exact) mass is 282 g/mol. The van der Waals surface area contributed by atoms with Crippen LogP contribution in [0.4, 0.5) is 0 Å². The zero-order chi connectivity index (χ0) is 14.5. The Labute approximate surface area is 126 Å². The summed E-state index contributed by atoms with van der Waals surface area (Å²) in [6.07, 6.45) is 5.85. The average Bonchev–Trinajstić information content (AvgIpc) is 2.58. The van der Waals surface area contributed by atoms with Crippen LogP contribution >= 0.6 is 0 Å². The molecule has 1 fully saturated rings. The van der Waals surface area contributed by atoms with E-state index in [4.69, 9.17) is 4.74 Å². The molecule has 0 spiro atoms. The summed E-state index contributed by atoms with van der Waals surface area (Å²) in [5, 5.41) is 3.53. The molecule has 1 N–H and O–H groups in total. The molecule has 1 saturated heterocycles. The minimum absolute atomic E-state index is 0.0668. The fraction of sp³-hybridized carbons (Fsp3) is 0.389. The van der Waals surface area contributed by atoms with Gasteiger partial charge in [-0.3, -0.25) is 4.98 Å². The first-order chi connectivity index (χ1) is 10.4. The summed E-state index contributed by atoms with van der Waals surface area (Å²) in [6, 6.07) is 15.2. The highest BCUT2D eigenvalue weighted by Gasteiger charge is 2.41. The van der Waals surface area contributed by atoms with Gasteiger partial charge in [0, 0.05) is 37.1 Å². The second kappa shape index (κ2) is 6.37.